The van der Waals surface area contributed by atoms with Crippen LogP contribution in [0.15, 0.2) is 95.9 Å². The molecule has 0 amide bonds. The fourth-order valence-electron chi connectivity index (χ4n) is 5.48. The van der Waals surface area contributed by atoms with E-state index < -0.39 is 10.0 Å². The Balaban J connectivity index is 1.62. The van der Waals surface area contributed by atoms with Crippen LogP contribution in [0.2, 0.25) is 0 Å². The van der Waals surface area contributed by atoms with Crippen LogP contribution in [0, 0.1) is 18.8 Å². The molecule has 4 heteroatoms. The first-order valence-corrected chi connectivity index (χ1v) is 12.8. The molecule has 3 aromatic rings. The Morgan fingerprint density at radius 3 is 2.12 bits per heavy atom. The molecule has 1 heterocycles. The van der Waals surface area contributed by atoms with Gasteiger partial charge in [0.05, 0.1) is 4.90 Å². The van der Waals surface area contributed by atoms with Crippen LogP contribution in [-0.4, -0.2) is 25.3 Å². The van der Waals surface area contributed by atoms with Crippen molar-refractivity contribution in [1.82, 2.24) is 4.31 Å². The van der Waals surface area contributed by atoms with Gasteiger partial charge < -0.3 is 0 Å². The Labute approximate surface area is 191 Å². The van der Waals surface area contributed by atoms with Crippen LogP contribution in [0.5, 0.6) is 0 Å². The van der Waals surface area contributed by atoms with Crippen molar-refractivity contribution in [2.24, 2.45) is 11.8 Å². The van der Waals surface area contributed by atoms with E-state index in [1.54, 1.807) is 16.4 Å². The van der Waals surface area contributed by atoms with E-state index in [0.717, 1.165) is 12.0 Å². The zero-order valence-electron chi connectivity index (χ0n) is 18.6. The molecule has 0 saturated carbocycles. The lowest BCUT2D eigenvalue weighted by molar-refractivity contribution is 0.165. The third kappa shape index (κ3) is 3.72. The van der Waals surface area contributed by atoms with Crippen molar-refractivity contribution >= 4 is 15.6 Å². The molecule has 1 unspecified atom stereocenters. The van der Waals surface area contributed by atoms with Crippen molar-refractivity contribution in [3.63, 3.8) is 0 Å². The predicted octanol–water partition coefficient (Wildman–Crippen LogP) is 5.89. The van der Waals surface area contributed by atoms with Gasteiger partial charge in [-0.25, -0.2) is 8.42 Å². The van der Waals surface area contributed by atoms with Crippen molar-refractivity contribution in [2.45, 2.75) is 37.1 Å². The molecule has 3 nitrogen and oxygen atoms in total. The quantitative estimate of drug-likeness (QED) is 0.504. The van der Waals surface area contributed by atoms with E-state index in [2.05, 4.69) is 61.5 Å². The highest BCUT2D eigenvalue weighted by molar-refractivity contribution is 7.89. The van der Waals surface area contributed by atoms with Gasteiger partial charge in [0, 0.05) is 18.5 Å². The summed E-state index contributed by atoms with van der Waals surface area (Å²) in [6, 6.07) is 28.1. The molecule has 1 aliphatic heterocycles. The molecule has 32 heavy (non-hydrogen) atoms. The van der Waals surface area contributed by atoms with Gasteiger partial charge in [-0.3, -0.25) is 0 Å². The summed E-state index contributed by atoms with van der Waals surface area (Å²) in [6.45, 7) is 4.71. The van der Waals surface area contributed by atoms with Gasteiger partial charge in [0.15, 0.2) is 0 Å². The number of rotatable bonds is 4. The summed E-state index contributed by atoms with van der Waals surface area (Å²) in [5, 5.41) is 0. The summed E-state index contributed by atoms with van der Waals surface area (Å²) in [4.78, 5) is 0.383. The molecule has 0 N–H and O–H groups in total. The summed E-state index contributed by atoms with van der Waals surface area (Å²) in [5.74, 6) is 0.699. The smallest absolute Gasteiger partial charge is 0.207 e. The number of benzene rings is 3. The SMILES string of the molecule is Cc1ccc(S(=O)(=O)N2CC(C)C[C@@H]3[C@@H](c4ccccc4)C(c4ccccc4)=C[C@@H]32)cc1. The van der Waals surface area contributed by atoms with E-state index in [-0.39, 0.29) is 17.9 Å². The number of sulfonamides is 1. The Hall–Kier alpha value is -2.69. The minimum Gasteiger partial charge on any atom is -0.207 e. The molecule has 3 aromatic carbocycles. The van der Waals surface area contributed by atoms with Gasteiger partial charge in [-0.15, -0.1) is 0 Å². The first-order valence-electron chi connectivity index (χ1n) is 11.4. The number of fused-ring (bicyclic) bond motifs is 1. The van der Waals surface area contributed by atoms with Crippen LogP contribution in [0.1, 0.15) is 36.0 Å². The zero-order chi connectivity index (χ0) is 22.3. The maximum Gasteiger partial charge on any atom is 0.243 e. The molecule has 1 aliphatic carbocycles. The number of hydrogen-bond acceptors (Lipinski definition) is 2. The van der Waals surface area contributed by atoms with Crippen LogP contribution in [0.3, 0.4) is 0 Å². The molecule has 2 aliphatic rings. The van der Waals surface area contributed by atoms with E-state index >= 15 is 0 Å². The normalized spacial score (nSPS) is 25.9. The Bertz CT molecular complexity index is 1220. The number of aryl methyl sites for hydroxylation is 1. The van der Waals surface area contributed by atoms with E-state index in [0.29, 0.717) is 17.4 Å². The van der Waals surface area contributed by atoms with Crippen LogP contribution in [0.4, 0.5) is 0 Å². The fraction of sp³-hybridized carbons (Fsp3) is 0.286. The largest absolute Gasteiger partial charge is 0.243 e. The molecule has 0 radical (unpaired) electrons. The van der Waals surface area contributed by atoms with Gasteiger partial charge in [-0.2, -0.15) is 4.31 Å². The lowest BCUT2D eigenvalue weighted by Gasteiger charge is -2.41. The summed E-state index contributed by atoms with van der Waals surface area (Å²) in [5.41, 5.74) is 4.74. The molecule has 0 spiro atoms. The molecule has 4 atom stereocenters. The first-order chi connectivity index (χ1) is 15.4. The highest BCUT2D eigenvalue weighted by Crippen LogP contribution is 2.52. The summed E-state index contributed by atoms with van der Waals surface area (Å²) in [7, 11) is -3.59. The topological polar surface area (TPSA) is 37.4 Å². The van der Waals surface area contributed by atoms with Gasteiger partial charge in [0.25, 0.3) is 0 Å². The van der Waals surface area contributed by atoms with Crippen molar-refractivity contribution < 1.29 is 8.42 Å². The highest BCUT2D eigenvalue weighted by Gasteiger charge is 2.48. The Morgan fingerprint density at radius 2 is 1.47 bits per heavy atom. The molecule has 5 rings (SSSR count). The molecule has 0 aromatic heterocycles. The van der Waals surface area contributed by atoms with E-state index in [4.69, 9.17) is 0 Å². The second-order valence-corrected chi connectivity index (χ2v) is 11.2. The summed E-state index contributed by atoms with van der Waals surface area (Å²) < 4.78 is 29.3. The van der Waals surface area contributed by atoms with Crippen LogP contribution in [-0.2, 0) is 10.0 Å². The average Bonchev–Trinajstić information content (AvgIpc) is 3.19. The molecular formula is C28H29NO2S. The van der Waals surface area contributed by atoms with Gasteiger partial charge in [0.2, 0.25) is 10.0 Å². The number of piperidine rings is 1. The predicted molar refractivity (Wildman–Crippen MR) is 130 cm³/mol. The standard InChI is InChI=1S/C28H29NO2S/c1-20-13-15-24(16-14-20)32(30,31)29-19-21(2)17-26-27(29)18-25(22-9-5-3-6-10-22)28(26)23-11-7-4-8-12-23/h3-16,18,21,26-28H,17,19H2,1-2H3/t21?,26-,27-,28-/m0/s1. The molecule has 164 valence electrons. The summed E-state index contributed by atoms with van der Waals surface area (Å²) >= 11 is 0. The molecular weight excluding hydrogens is 414 g/mol. The molecule has 1 saturated heterocycles. The van der Waals surface area contributed by atoms with Crippen molar-refractivity contribution in [2.75, 3.05) is 6.54 Å². The van der Waals surface area contributed by atoms with Gasteiger partial charge in [-0.05, 0) is 54.0 Å². The first kappa shape index (κ1) is 21.2. The lowest BCUT2D eigenvalue weighted by Crippen LogP contribution is -2.49. The fourth-order valence-corrected chi connectivity index (χ4v) is 7.22. The number of hydrogen-bond donors (Lipinski definition) is 0. The van der Waals surface area contributed by atoms with Gasteiger partial charge in [-0.1, -0.05) is 91.4 Å². The maximum atomic E-state index is 13.8. The number of allylic oxidation sites excluding steroid dienone is 1. The third-order valence-corrected chi connectivity index (χ3v) is 8.82. The highest BCUT2D eigenvalue weighted by atomic mass is 32.2. The van der Waals surface area contributed by atoms with Crippen LogP contribution >= 0.6 is 0 Å². The monoisotopic (exact) mass is 443 g/mol. The zero-order valence-corrected chi connectivity index (χ0v) is 19.4. The Morgan fingerprint density at radius 1 is 0.844 bits per heavy atom. The second-order valence-electron chi connectivity index (χ2n) is 9.26. The molecule has 1 fully saturated rings. The number of nitrogens with zero attached hydrogens (tertiary/aromatic N) is 1. The second kappa shape index (κ2) is 8.34. The summed E-state index contributed by atoms with van der Waals surface area (Å²) in [6.07, 6.45) is 3.24. The van der Waals surface area contributed by atoms with Gasteiger partial charge in [0.1, 0.15) is 0 Å². The van der Waals surface area contributed by atoms with Crippen LogP contribution < -0.4 is 0 Å². The van der Waals surface area contributed by atoms with Crippen LogP contribution in [0.25, 0.3) is 5.57 Å². The minimum absolute atomic E-state index is 0.141. The Kier molecular flexibility index (Phi) is 5.52. The minimum atomic E-state index is -3.59. The van der Waals surface area contributed by atoms with E-state index in [9.17, 15) is 8.42 Å². The van der Waals surface area contributed by atoms with Crippen molar-refractivity contribution in [3.05, 3.63) is 108 Å². The van der Waals surface area contributed by atoms with Crippen molar-refractivity contribution in [3.8, 4) is 0 Å². The van der Waals surface area contributed by atoms with Gasteiger partial charge >= 0.3 is 0 Å². The lowest BCUT2D eigenvalue weighted by atomic mass is 9.76. The third-order valence-electron chi connectivity index (χ3n) is 6.94. The van der Waals surface area contributed by atoms with Crippen molar-refractivity contribution in [1.29, 1.82) is 0 Å². The maximum absolute atomic E-state index is 13.8. The average molecular weight is 444 g/mol. The van der Waals surface area contributed by atoms with E-state index in [1.165, 1.54) is 16.7 Å². The van der Waals surface area contributed by atoms with E-state index in [1.807, 2.05) is 31.2 Å². The molecule has 0 bridgehead atoms.